The number of esters is 1. The highest BCUT2D eigenvalue weighted by molar-refractivity contribution is 5.83. The third-order valence-corrected chi connectivity index (χ3v) is 2.73. The number of methoxy groups -OCH3 is 1. The Labute approximate surface area is 113 Å². The van der Waals surface area contributed by atoms with Crippen LogP contribution >= 0.6 is 0 Å². The number of likely N-dealkylation sites (N-methyl/N-ethyl adjacent to an activating group) is 1. The molecule has 2 atom stereocenters. The number of ether oxygens (including phenoxy) is 1. The van der Waals surface area contributed by atoms with E-state index in [1.165, 1.54) is 7.11 Å². The highest BCUT2D eigenvalue weighted by Gasteiger charge is 2.25. The third kappa shape index (κ3) is 4.37. The van der Waals surface area contributed by atoms with E-state index in [-0.39, 0.29) is 5.91 Å². The van der Waals surface area contributed by atoms with Crippen molar-refractivity contribution in [3.05, 3.63) is 35.9 Å². The standard InChI is InChI=1S/C14H20N2O3/c1-4-15-13(17)10(2)16-12(14(18)19-3)11-8-6-5-7-9-11/h5-10,12,16H,4H2,1-3H3,(H,15,17). The predicted octanol–water partition coefficient (Wildman–Crippen LogP) is 1.01. The van der Waals surface area contributed by atoms with E-state index in [2.05, 4.69) is 10.6 Å². The minimum atomic E-state index is -0.649. The summed E-state index contributed by atoms with van der Waals surface area (Å²) in [6.07, 6.45) is 0. The predicted molar refractivity (Wildman–Crippen MR) is 72.5 cm³/mol. The van der Waals surface area contributed by atoms with Gasteiger partial charge in [0.25, 0.3) is 0 Å². The van der Waals surface area contributed by atoms with E-state index in [9.17, 15) is 9.59 Å². The van der Waals surface area contributed by atoms with Crippen LogP contribution in [0.3, 0.4) is 0 Å². The molecule has 1 aromatic rings. The first kappa shape index (κ1) is 15.2. The maximum Gasteiger partial charge on any atom is 0.327 e. The number of nitrogens with one attached hydrogen (secondary N) is 2. The monoisotopic (exact) mass is 264 g/mol. The van der Waals surface area contributed by atoms with E-state index in [1.807, 2.05) is 37.3 Å². The van der Waals surface area contributed by atoms with Crippen LogP contribution in [0.15, 0.2) is 30.3 Å². The normalized spacial score (nSPS) is 13.4. The fourth-order valence-electron chi connectivity index (χ4n) is 1.72. The van der Waals surface area contributed by atoms with Crippen molar-refractivity contribution in [1.82, 2.24) is 10.6 Å². The average molecular weight is 264 g/mol. The van der Waals surface area contributed by atoms with Crippen molar-refractivity contribution in [3.8, 4) is 0 Å². The summed E-state index contributed by atoms with van der Waals surface area (Å²) in [5, 5.41) is 5.69. The number of hydrogen-bond acceptors (Lipinski definition) is 4. The molecule has 0 fully saturated rings. The lowest BCUT2D eigenvalue weighted by Crippen LogP contribution is -2.45. The Kier molecular flexibility index (Phi) is 6.02. The largest absolute Gasteiger partial charge is 0.468 e. The van der Waals surface area contributed by atoms with Gasteiger partial charge in [-0.05, 0) is 19.4 Å². The molecule has 0 aliphatic rings. The zero-order chi connectivity index (χ0) is 14.3. The molecule has 1 aromatic carbocycles. The number of hydrogen-bond donors (Lipinski definition) is 2. The van der Waals surface area contributed by atoms with Gasteiger partial charge in [0, 0.05) is 6.54 Å². The molecule has 19 heavy (non-hydrogen) atoms. The topological polar surface area (TPSA) is 67.4 Å². The van der Waals surface area contributed by atoms with Crippen LogP contribution in [0.1, 0.15) is 25.5 Å². The van der Waals surface area contributed by atoms with E-state index in [1.54, 1.807) is 6.92 Å². The van der Waals surface area contributed by atoms with Gasteiger partial charge in [-0.25, -0.2) is 4.79 Å². The molecule has 2 N–H and O–H groups in total. The molecule has 0 aromatic heterocycles. The summed E-state index contributed by atoms with van der Waals surface area (Å²) < 4.78 is 4.77. The van der Waals surface area contributed by atoms with Gasteiger partial charge in [-0.15, -0.1) is 0 Å². The van der Waals surface area contributed by atoms with Crippen LogP contribution < -0.4 is 10.6 Å². The molecule has 104 valence electrons. The first-order valence-corrected chi connectivity index (χ1v) is 6.26. The van der Waals surface area contributed by atoms with Gasteiger partial charge in [0.2, 0.25) is 5.91 Å². The van der Waals surface area contributed by atoms with E-state index in [4.69, 9.17) is 4.74 Å². The van der Waals surface area contributed by atoms with E-state index >= 15 is 0 Å². The number of carbonyl (C=O) groups is 2. The van der Waals surface area contributed by atoms with Gasteiger partial charge in [-0.1, -0.05) is 30.3 Å². The molecule has 2 unspecified atom stereocenters. The van der Waals surface area contributed by atoms with E-state index in [0.717, 1.165) is 5.56 Å². The lowest BCUT2D eigenvalue weighted by molar-refractivity contribution is -0.143. The fraction of sp³-hybridized carbons (Fsp3) is 0.429. The Morgan fingerprint density at radius 2 is 1.89 bits per heavy atom. The van der Waals surface area contributed by atoms with Crippen molar-refractivity contribution in [2.24, 2.45) is 0 Å². The van der Waals surface area contributed by atoms with Gasteiger partial charge in [0.1, 0.15) is 6.04 Å². The maximum atomic E-state index is 11.8. The molecule has 1 rings (SSSR count). The average Bonchev–Trinajstić information content (AvgIpc) is 2.44. The smallest absolute Gasteiger partial charge is 0.327 e. The van der Waals surface area contributed by atoms with Crippen LogP contribution in [-0.2, 0) is 14.3 Å². The van der Waals surface area contributed by atoms with Crippen molar-refractivity contribution in [1.29, 1.82) is 0 Å². The Morgan fingerprint density at radius 1 is 1.26 bits per heavy atom. The Morgan fingerprint density at radius 3 is 2.42 bits per heavy atom. The first-order chi connectivity index (χ1) is 9.10. The highest BCUT2D eigenvalue weighted by Crippen LogP contribution is 2.14. The van der Waals surface area contributed by atoms with Crippen LogP contribution in [0.5, 0.6) is 0 Å². The van der Waals surface area contributed by atoms with Crippen LogP contribution in [-0.4, -0.2) is 31.6 Å². The van der Waals surface area contributed by atoms with E-state index in [0.29, 0.717) is 6.54 Å². The lowest BCUT2D eigenvalue weighted by Gasteiger charge is -2.21. The highest BCUT2D eigenvalue weighted by atomic mass is 16.5. The first-order valence-electron chi connectivity index (χ1n) is 6.26. The molecular formula is C14H20N2O3. The van der Waals surface area contributed by atoms with Gasteiger partial charge in [-0.2, -0.15) is 0 Å². The second-order valence-electron chi connectivity index (χ2n) is 4.15. The molecule has 0 bridgehead atoms. The quantitative estimate of drug-likeness (QED) is 0.753. The van der Waals surface area contributed by atoms with Crippen molar-refractivity contribution in [2.75, 3.05) is 13.7 Å². The number of amides is 1. The van der Waals surface area contributed by atoms with E-state index < -0.39 is 18.1 Å². The zero-order valence-corrected chi connectivity index (χ0v) is 11.5. The molecule has 5 heteroatoms. The van der Waals surface area contributed by atoms with Crippen molar-refractivity contribution < 1.29 is 14.3 Å². The van der Waals surface area contributed by atoms with Crippen LogP contribution in [0.2, 0.25) is 0 Å². The molecule has 0 aliphatic carbocycles. The zero-order valence-electron chi connectivity index (χ0n) is 11.5. The Hall–Kier alpha value is -1.88. The second kappa shape index (κ2) is 7.53. The molecule has 0 radical (unpaired) electrons. The summed E-state index contributed by atoms with van der Waals surface area (Å²) in [5.41, 5.74) is 0.769. The summed E-state index contributed by atoms with van der Waals surface area (Å²) in [7, 11) is 1.33. The summed E-state index contributed by atoms with van der Waals surface area (Å²) in [4.78, 5) is 23.5. The third-order valence-electron chi connectivity index (χ3n) is 2.73. The molecule has 0 saturated heterocycles. The Balaban J connectivity index is 2.82. The van der Waals surface area contributed by atoms with Crippen LogP contribution in [0.25, 0.3) is 0 Å². The molecular weight excluding hydrogens is 244 g/mol. The maximum absolute atomic E-state index is 11.8. The molecule has 0 spiro atoms. The molecule has 0 aliphatic heterocycles. The minimum Gasteiger partial charge on any atom is -0.468 e. The van der Waals surface area contributed by atoms with Gasteiger partial charge >= 0.3 is 5.97 Å². The summed E-state index contributed by atoms with van der Waals surface area (Å²) >= 11 is 0. The molecule has 0 heterocycles. The fourth-order valence-corrected chi connectivity index (χ4v) is 1.72. The van der Waals surface area contributed by atoms with Crippen LogP contribution in [0.4, 0.5) is 0 Å². The van der Waals surface area contributed by atoms with Gasteiger partial charge < -0.3 is 10.1 Å². The number of carbonyl (C=O) groups excluding carboxylic acids is 2. The lowest BCUT2D eigenvalue weighted by atomic mass is 10.1. The van der Waals surface area contributed by atoms with Crippen LogP contribution in [0, 0.1) is 0 Å². The number of rotatable bonds is 6. The van der Waals surface area contributed by atoms with Gasteiger partial charge in [-0.3, -0.25) is 10.1 Å². The second-order valence-corrected chi connectivity index (χ2v) is 4.15. The summed E-state index contributed by atoms with van der Waals surface area (Å²) in [6.45, 7) is 4.11. The van der Waals surface area contributed by atoms with Crippen molar-refractivity contribution in [3.63, 3.8) is 0 Å². The van der Waals surface area contributed by atoms with Gasteiger partial charge in [0.15, 0.2) is 0 Å². The number of benzene rings is 1. The minimum absolute atomic E-state index is 0.146. The van der Waals surface area contributed by atoms with Gasteiger partial charge in [0.05, 0.1) is 13.2 Å². The molecule has 0 saturated carbocycles. The molecule has 1 amide bonds. The Bertz CT molecular complexity index is 420. The summed E-state index contributed by atoms with van der Waals surface area (Å²) in [5.74, 6) is -0.560. The molecule has 5 nitrogen and oxygen atoms in total. The SMILES string of the molecule is CCNC(=O)C(C)NC(C(=O)OC)c1ccccc1. The van der Waals surface area contributed by atoms with Crippen molar-refractivity contribution >= 4 is 11.9 Å². The summed E-state index contributed by atoms with van der Waals surface area (Å²) in [6, 6.07) is 8.05. The van der Waals surface area contributed by atoms with Crippen molar-refractivity contribution in [2.45, 2.75) is 25.9 Å².